The Morgan fingerprint density at radius 2 is 1.52 bits per heavy atom. The van der Waals surface area contributed by atoms with Gasteiger partial charge in [-0.15, -0.1) is 0 Å². The molecule has 1 unspecified atom stereocenters. The van der Waals surface area contributed by atoms with Crippen LogP contribution >= 0.6 is 0 Å². The Hall–Kier alpha value is -3.00. The summed E-state index contributed by atoms with van der Waals surface area (Å²) < 4.78 is 0. The molecular weight excluding hydrogens is 328 g/mol. The van der Waals surface area contributed by atoms with Crippen LogP contribution in [0.1, 0.15) is 39.8 Å². The zero-order chi connectivity index (χ0) is 17.8. The van der Waals surface area contributed by atoms with Crippen molar-refractivity contribution < 1.29 is 0 Å². The van der Waals surface area contributed by atoms with Crippen molar-refractivity contribution in [1.29, 1.82) is 0 Å². The fourth-order valence-corrected chi connectivity index (χ4v) is 4.92. The Labute approximate surface area is 159 Å². The van der Waals surface area contributed by atoms with Crippen LogP contribution in [0.2, 0.25) is 0 Å². The van der Waals surface area contributed by atoms with Crippen molar-refractivity contribution >= 4 is 16.6 Å². The van der Waals surface area contributed by atoms with E-state index in [0.29, 0.717) is 12.0 Å². The topological polar surface area (TPSA) is 27.8 Å². The third kappa shape index (κ3) is 2.48. The number of benzene rings is 3. The highest BCUT2D eigenvalue weighted by Crippen LogP contribution is 2.39. The van der Waals surface area contributed by atoms with E-state index < -0.39 is 0 Å². The van der Waals surface area contributed by atoms with Crippen LogP contribution < -0.4 is 5.32 Å². The zero-order valence-electron chi connectivity index (χ0n) is 15.2. The van der Waals surface area contributed by atoms with Gasteiger partial charge in [0.25, 0.3) is 0 Å². The molecule has 0 bridgehead atoms. The smallest absolute Gasteiger partial charge is 0.0555 e. The monoisotopic (exact) mass is 350 g/mol. The lowest BCUT2D eigenvalue weighted by Crippen LogP contribution is -2.05. The SMILES string of the molecule is c1ccc2c(c1)CC(c1ccc3c(c1)CC(c1ccc4[nH]ccc4c1)N3)C2. The van der Waals surface area contributed by atoms with E-state index in [2.05, 4.69) is 77.0 Å². The van der Waals surface area contributed by atoms with Crippen molar-refractivity contribution in [3.63, 3.8) is 0 Å². The van der Waals surface area contributed by atoms with Gasteiger partial charge >= 0.3 is 0 Å². The fourth-order valence-electron chi connectivity index (χ4n) is 4.92. The molecular formula is C25H22N2. The van der Waals surface area contributed by atoms with Gasteiger partial charge in [-0.3, -0.25) is 0 Å². The number of nitrogens with one attached hydrogen (secondary N) is 2. The van der Waals surface area contributed by atoms with E-state index in [1.807, 2.05) is 6.20 Å². The second kappa shape index (κ2) is 5.75. The van der Waals surface area contributed by atoms with E-state index in [-0.39, 0.29) is 0 Å². The lowest BCUT2D eigenvalue weighted by Gasteiger charge is -2.12. The van der Waals surface area contributed by atoms with E-state index in [4.69, 9.17) is 0 Å². The minimum absolute atomic E-state index is 0.371. The Morgan fingerprint density at radius 1 is 0.704 bits per heavy atom. The standard InChI is InChI=1S/C25H22N2/c1-2-4-17-12-21(11-16(17)3-1)18-5-8-24-22(13-18)15-25(27-24)19-6-7-23-20(14-19)9-10-26-23/h1-10,13-14,21,25-27H,11-12,15H2. The van der Waals surface area contributed by atoms with Gasteiger partial charge in [0.05, 0.1) is 6.04 Å². The molecule has 2 nitrogen and oxygen atoms in total. The van der Waals surface area contributed by atoms with Gasteiger partial charge in [-0.05, 0) is 82.6 Å². The van der Waals surface area contributed by atoms with Crippen LogP contribution in [0.15, 0.2) is 72.9 Å². The van der Waals surface area contributed by atoms with Gasteiger partial charge in [-0.25, -0.2) is 0 Å². The first kappa shape index (κ1) is 15.1. The van der Waals surface area contributed by atoms with E-state index in [0.717, 1.165) is 6.42 Å². The van der Waals surface area contributed by atoms with Crippen molar-refractivity contribution in [2.75, 3.05) is 5.32 Å². The van der Waals surface area contributed by atoms with Gasteiger partial charge < -0.3 is 10.3 Å². The number of rotatable bonds is 2. The van der Waals surface area contributed by atoms with E-state index >= 15 is 0 Å². The van der Waals surface area contributed by atoms with Gasteiger partial charge in [-0.1, -0.05) is 42.5 Å². The van der Waals surface area contributed by atoms with Crippen LogP contribution in [0.3, 0.4) is 0 Å². The average Bonchev–Trinajstić information content (AvgIpc) is 3.42. The molecule has 0 saturated heterocycles. The Kier molecular flexibility index (Phi) is 3.21. The summed E-state index contributed by atoms with van der Waals surface area (Å²) in [6.07, 6.45) is 5.43. The van der Waals surface area contributed by atoms with Crippen molar-refractivity contribution in [3.8, 4) is 0 Å². The minimum Gasteiger partial charge on any atom is -0.378 e. The second-order valence-electron chi connectivity index (χ2n) is 8.02. The van der Waals surface area contributed by atoms with Crippen molar-refractivity contribution in [2.45, 2.75) is 31.2 Å². The summed E-state index contributed by atoms with van der Waals surface area (Å²) >= 11 is 0. The molecule has 132 valence electrons. The van der Waals surface area contributed by atoms with Gasteiger partial charge in [0.1, 0.15) is 0 Å². The van der Waals surface area contributed by atoms with Gasteiger partial charge in [0, 0.05) is 17.4 Å². The van der Waals surface area contributed by atoms with Crippen molar-refractivity contribution in [2.24, 2.45) is 0 Å². The maximum Gasteiger partial charge on any atom is 0.0555 e. The van der Waals surface area contributed by atoms with Gasteiger partial charge in [0.2, 0.25) is 0 Å². The third-order valence-electron chi connectivity index (χ3n) is 6.39. The Balaban J connectivity index is 1.27. The number of H-pyrrole nitrogens is 1. The lowest BCUT2D eigenvalue weighted by atomic mass is 9.93. The van der Waals surface area contributed by atoms with Crippen LogP contribution in [-0.4, -0.2) is 4.98 Å². The highest BCUT2D eigenvalue weighted by Gasteiger charge is 2.26. The first-order valence-electron chi connectivity index (χ1n) is 9.87. The molecule has 2 heterocycles. The molecule has 1 aliphatic carbocycles. The van der Waals surface area contributed by atoms with E-state index in [1.54, 1.807) is 0 Å². The predicted octanol–water partition coefficient (Wildman–Crippen LogP) is 5.76. The lowest BCUT2D eigenvalue weighted by molar-refractivity contribution is 0.739. The molecule has 2 aliphatic rings. The van der Waals surface area contributed by atoms with Crippen LogP contribution in [-0.2, 0) is 19.3 Å². The maximum atomic E-state index is 3.73. The molecule has 0 amide bonds. The van der Waals surface area contributed by atoms with Crippen LogP contribution in [0, 0.1) is 0 Å². The molecule has 27 heavy (non-hydrogen) atoms. The molecule has 0 spiro atoms. The quantitative estimate of drug-likeness (QED) is 0.473. The van der Waals surface area contributed by atoms with Gasteiger partial charge in [0.15, 0.2) is 0 Å². The second-order valence-corrected chi connectivity index (χ2v) is 8.02. The molecule has 3 aromatic carbocycles. The highest BCUT2D eigenvalue weighted by atomic mass is 14.9. The third-order valence-corrected chi connectivity index (χ3v) is 6.39. The first-order valence-corrected chi connectivity index (χ1v) is 9.87. The molecule has 2 heteroatoms. The van der Waals surface area contributed by atoms with E-state index in [1.165, 1.54) is 57.2 Å². The Bertz CT molecular complexity index is 1130. The number of fused-ring (bicyclic) bond motifs is 3. The fraction of sp³-hybridized carbons (Fsp3) is 0.200. The molecule has 1 aliphatic heterocycles. The van der Waals surface area contributed by atoms with Gasteiger partial charge in [-0.2, -0.15) is 0 Å². The maximum absolute atomic E-state index is 3.73. The number of aromatic nitrogens is 1. The average molecular weight is 350 g/mol. The van der Waals surface area contributed by atoms with Crippen LogP contribution in [0.5, 0.6) is 0 Å². The summed E-state index contributed by atoms with van der Waals surface area (Å²) in [5.74, 6) is 0.628. The van der Waals surface area contributed by atoms with Crippen LogP contribution in [0.4, 0.5) is 5.69 Å². The van der Waals surface area contributed by atoms with Crippen molar-refractivity contribution in [3.05, 3.63) is 101 Å². The summed E-state index contributed by atoms with van der Waals surface area (Å²) in [6, 6.07) is 25.3. The van der Waals surface area contributed by atoms with E-state index in [9.17, 15) is 0 Å². The molecule has 0 saturated carbocycles. The molecule has 0 radical (unpaired) electrons. The largest absolute Gasteiger partial charge is 0.378 e. The molecule has 1 aromatic heterocycles. The number of hydrogen-bond acceptors (Lipinski definition) is 1. The zero-order valence-corrected chi connectivity index (χ0v) is 15.2. The molecule has 1 atom stereocenters. The molecule has 2 N–H and O–H groups in total. The number of anilines is 1. The highest BCUT2D eigenvalue weighted by molar-refractivity contribution is 5.80. The van der Waals surface area contributed by atoms with Crippen molar-refractivity contribution in [1.82, 2.24) is 4.98 Å². The summed E-state index contributed by atoms with van der Waals surface area (Å²) in [7, 11) is 0. The predicted molar refractivity (Wildman–Crippen MR) is 111 cm³/mol. The summed E-state index contributed by atoms with van der Waals surface area (Å²) in [5.41, 5.74) is 9.88. The number of hydrogen-bond donors (Lipinski definition) is 2. The number of aromatic amines is 1. The molecule has 6 rings (SSSR count). The first-order chi connectivity index (χ1) is 13.3. The molecule has 0 fully saturated rings. The van der Waals surface area contributed by atoms with Crippen LogP contribution in [0.25, 0.3) is 10.9 Å². The summed E-state index contributed by atoms with van der Waals surface area (Å²) in [4.78, 5) is 3.28. The minimum atomic E-state index is 0.371. The molecule has 4 aromatic rings. The Morgan fingerprint density at radius 3 is 2.37 bits per heavy atom. The normalized spacial score (nSPS) is 18.4. The summed E-state index contributed by atoms with van der Waals surface area (Å²) in [6.45, 7) is 0. The summed E-state index contributed by atoms with van der Waals surface area (Å²) in [5, 5.41) is 5.02.